The Morgan fingerprint density at radius 3 is 2.38 bits per heavy atom. The summed E-state index contributed by atoms with van der Waals surface area (Å²) in [6.07, 6.45) is 0.453. The molecule has 0 fully saturated rings. The highest BCUT2D eigenvalue weighted by molar-refractivity contribution is 5.81. The van der Waals surface area contributed by atoms with Crippen LogP contribution in [0.1, 0.15) is 13.3 Å². The van der Waals surface area contributed by atoms with Crippen molar-refractivity contribution in [3.63, 3.8) is 0 Å². The molecule has 1 atom stereocenters. The van der Waals surface area contributed by atoms with Crippen molar-refractivity contribution in [1.82, 2.24) is 4.90 Å². The van der Waals surface area contributed by atoms with Gasteiger partial charge in [0, 0.05) is 14.0 Å². The topological polar surface area (TPSA) is 63.7 Å². The fourth-order valence-electron chi connectivity index (χ4n) is 0.764. The lowest BCUT2D eigenvalue weighted by atomic mass is 10.2. The highest BCUT2D eigenvalue weighted by Gasteiger charge is 2.19. The van der Waals surface area contributed by atoms with E-state index in [1.54, 1.807) is 0 Å². The predicted octanol–water partition coefficient (Wildman–Crippen LogP) is -0.405. The van der Waals surface area contributed by atoms with Crippen LogP contribution in [0, 0.1) is 0 Å². The summed E-state index contributed by atoms with van der Waals surface area (Å²) in [5, 5.41) is 0. The minimum absolute atomic E-state index is 0.101. The number of hydrogen-bond donors (Lipinski definition) is 0. The Morgan fingerprint density at radius 2 is 2.08 bits per heavy atom. The maximum Gasteiger partial charge on any atom is 0.308 e. The van der Waals surface area contributed by atoms with Crippen molar-refractivity contribution in [1.29, 1.82) is 0 Å². The molecule has 0 saturated heterocycles. The number of amides is 1. The molecule has 0 rings (SSSR count). The molecule has 0 radical (unpaired) electrons. The van der Waals surface area contributed by atoms with E-state index in [-0.39, 0.29) is 12.3 Å². The standard InChI is InChI=1S/C8H13NO4/c1-6(11)9(2)7(5-10)4-8(12)13-3/h5,7H,4H2,1-3H3. The van der Waals surface area contributed by atoms with Crippen molar-refractivity contribution < 1.29 is 19.1 Å². The maximum absolute atomic E-state index is 10.8. The zero-order chi connectivity index (χ0) is 10.4. The van der Waals surface area contributed by atoms with Gasteiger partial charge in [-0.1, -0.05) is 0 Å². The second kappa shape index (κ2) is 5.29. The van der Waals surface area contributed by atoms with E-state index in [9.17, 15) is 14.4 Å². The molecule has 74 valence electrons. The summed E-state index contributed by atoms with van der Waals surface area (Å²) in [6, 6.07) is -0.732. The summed E-state index contributed by atoms with van der Waals surface area (Å²) in [5.74, 6) is -0.772. The van der Waals surface area contributed by atoms with Gasteiger partial charge in [0.05, 0.1) is 19.6 Å². The fraction of sp³-hybridized carbons (Fsp3) is 0.625. The van der Waals surface area contributed by atoms with Crippen LogP contribution in [0.3, 0.4) is 0 Å². The number of nitrogens with zero attached hydrogens (tertiary/aromatic N) is 1. The maximum atomic E-state index is 10.8. The second-order valence-electron chi connectivity index (χ2n) is 2.61. The van der Waals surface area contributed by atoms with E-state index in [0.717, 1.165) is 0 Å². The molecule has 0 N–H and O–H groups in total. The molecule has 0 saturated carbocycles. The summed E-state index contributed by atoms with van der Waals surface area (Å²) in [7, 11) is 2.70. The monoisotopic (exact) mass is 187 g/mol. The number of carbonyl (C=O) groups excluding carboxylic acids is 3. The molecule has 0 aromatic heterocycles. The first-order valence-corrected chi connectivity index (χ1v) is 3.78. The zero-order valence-corrected chi connectivity index (χ0v) is 7.94. The Hall–Kier alpha value is -1.39. The summed E-state index contributed by atoms with van der Waals surface area (Å²) >= 11 is 0. The first kappa shape index (κ1) is 11.6. The van der Waals surface area contributed by atoms with Gasteiger partial charge in [-0.05, 0) is 0 Å². The third-order valence-electron chi connectivity index (χ3n) is 1.75. The molecule has 0 aromatic carbocycles. The predicted molar refractivity (Wildman–Crippen MR) is 44.9 cm³/mol. The lowest BCUT2D eigenvalue weighted by Gasteiger charge is -2.20. The van der Waals surface area contributed by atoms with Gasteiger partial charge in [0.25, 0.3) is 0 Å². The van der Waals surface area contributed by atoms with Gasteiger partial charge >= 0.3 is 5.97 Å². The lowest BCUT2D eigenvalue weighted by molar-refractivity contribution is -0.144. The molecule has 0 aliphatic carbocycles. The van der Waals surface area contributed by atoms with Crippen LogP contribution < -0.4 is 0 Å². The SMILES string of the molecule is COC(=O)CC(C=O)N(C)C(C)=O. The van der Waals surface area contributed by atoms with Gasteiger partial charge in [0.2, 0.25) is 5.91 Å². The van der Waals surface area contributed by atoms with E-state index in [1.807, 2.05) is 0 Å². The number of esters is 1. The molecule has 0 aliphatic heterocycles. The van der Waals surface area contributed by atoms with Gasteiger partial charge in [-0.15, -0.1) is 0 Å². The number of ether oxygens (including phenoxy) is 1. The Bertz CT molecular complexity index is 214. The molecule has 0 spiro atoms. The molecule has 5 heteroatoms. The van der Waals surface area contributed by atoms with Gasteiger partial charge in [0.15, 0.2) is 0 Å². The molecular weight excluding hydrogens is 174 g/mol. The van der Waals surface area contributed by atoms with Gasteiger partial charge in [-0.2, -0.15) is 0 Å². The lowest BCUT2D eigenvalue weighted by Crippen LogP contribution is -2.38. The molecule has 0 aromatic rings. The van der Waals surface area contributed by atoms with Crippen LogP contribution in [0.5, 0.6) is 0 Å². The van der Waals surface area contributed by atoms with E-state index < -0.39 is 12.0 Å². The Kier molecular flexibility index (Phi) is 4.72. The molecule has 0 aliphatic rings. The van der Waals surface area contributed by atoms with E-state index in [0.29, 0.717) is 6.29 Å². The molecule has 0 heterocycles. The number of carbonyl (C=O) groups is 3. The van der Waals surface area contributed by atoms with Gasteiger partial charge in [-0.3, -0.25) is 9.59 Å². The number of methoxy groups -OCH3 is 1. The summed E-state index contributed by atoms with van der Waals surface area (Å²) in [5.41, 5.74) is 0. The van der Waals surface area contributed by atoms with Crippen LogP contribution >= 0.6 is 0 Å². The van der Waals surface area contributed by atoms with Gasteiger partial charge < -0.3 is 14.4 Å². The average molecular weight is 187 g/mol. The van der Waals surface area contributed by atoms with Crippen LogP contribution in [0.4, 0.5) is 0 Å². The molecule has 1 unspecified atom stereocenters. The van der Waals surface area contributed by atoms with Gasteiger partial charge in [-0.25, -0.2) is 0 Å². The van der Waals surface area contributed by atoms with E-state index in [2.05, 4.69) is 4.74 Å². The highest BCUT2D eigenvalue weighted by atomic mass is 16.5. The van der Waals surface area contributed by atoms with E-state index in [1.165, 1.54) is 26.0 Å². The van der Waals surface area contributed by atoms with E-state index in [4.69, 9.17) is 0 Å². The largest absolute Gasteiger partial charge is 0.469 e. The molecule has 1 amide bonds. The normalized spacial score (nSPS) is 11.6. The number of likely N-dealkylation sites (N-methyl/N-ethyl adjacent to an activating group) is 1. The number of hydrogen-bond acceptors (Lipinski definition) is 4. The summed E-state index contributed by atoms with van der Waals surface area (Å²) in [6.45, 7) is 1.33. The minimum atomic E-state index is -0.732. The molecule has 0 bridgehead atoms. The summed E-state index contributed by atoms with van der Waals surface area (Å²) < 4.78 is 4.38. The van der Waals surface area contributed by atoms with Gasteiger partial charge in [0.1, 0.15) is 6.29 Å². The van der Waals surface area contributed by atoms with E-state index >= 15 is 0 Å². The van der Waals surface area contributed by atoms with Crippen LogP contribution in [-0.2, 0) is 19.1 Å². The molecule has 13 heavy (non-hydrogen) atoms. The fourth-order valence-corrected chi connectivity index (χ4v) is 0.764. The summed E-state index contributed by atoms with van der Waals surface area (Å²) in [4.78, 5) is 33.3. The Balaban J connectivity index is 4.25. The quantitative estimate of drug-likeness (QED) is 0.443. The minimum Gasteiger partial charge on any atom is -0.469 e. The number of rotatable bonds is 4. The van der Waals surface area contributed by atoms with Crippen molar-refractivity contribution in [2.24, 2.45) is 0 Å². The van der Waals surface area contributed by atoms with Crippen molar-refractivity contribution in [3.8, 4) is 0 Å². The smallest absolute Gasteiger partial charge is 0.308 e. The Labute approximate surface area is 76.7 Å². The first-order chi connectivity index (χ1) is 6.02. The second-order valence-corrected chi connectivity index (χ2v) is 2.61. The van der Waals surface area contributed by atoms with Crippen molar-refractivity contribution in [2.45, 2.75) is 19.4 Å². The Morgan fingerprint density at radius 1 is 1.54 bits per heavy atom. The highest BCUT2D eigenvalue weighted by Crippen LogP contribution is 2.00. The van der Waals surface area contributed by atoms with Crippen LogP contribution in [0.25, 0.3) is 0 Å². The van der Waals surface area contributed by atoms with Crippen LogP contribution in [0.15, 0.2) is 0 Å². The van der Waals surface area contributed by atoms with Crippen molar-refractivity contribution >= 4 is 18.2 Å². The van der Waals surface area contributed by atoms with Crippen LogP contribution in [-0.4, -0.2) is 43.3 Å². The average Bonchev–Trinajstić information content (AvgIpc) is 2.12. The third-order valence-corrected chi connectivity index (χ3v) is 1.75. The van der Waals surface area contributed by atoms with Crippen LogP contribution in [0.2, 0.25) is 0 Å². The molecular formula is C8H13NO4. The first-order valence-electron chi connectivity index (χ1n) is 3.78. The van der Waals surface area contributed by atoms with Crippen molar-refractivity contribution in [2.75, 3.05) is 14.2 Å². The van der Waals surface area contributed by atoms with Crippen molar-refractivity contribution in [3.05, 3.63) is 0 Å². The molecule has 5 nitrogen and oxygen atoms in total. The number of aldehydes is 1. The zero-order valence-electron chi connectivity index (χ0n) is 7.94. The third kappa shape index (κ3) is 3.68.